The molecule has 0 unspecified atom stereocenters. The smallest absolute Gasteiger partial charge is 0.236 e. The summed E-state index contributed by atoms with van der Waals surface area (Å²) in [6, 6.07) is 0.544. The van der Waals surface area contributed by atoms with Crippen LogP contribution in [0.2, 0.25) is 0 Å². The topological polar surface area (TPSA) is 32.3 Å². The first-order valence-corrected chi connectivity index (χ1v) is 6.99. The largest absolute Gasteiger partial charge is 0.342 e. The number of nitrogens with one attached hydrogen (secondary N) is 1. The van der Waals surface area contributed by atoms with Crippen molar-refractivity contribution < 1.29 is 4.79 Å². The summed E-state index contributed by atoms with van der Waals surface area (Å²) in [6.07, 6.45) is 4.95. The van der Waals surface area contributed by atoms with Gasteiger partial charge in [0.2, 0.25) is 5.91 Å². The highest BCUT2D eigenvalue weighted by molar-refractivity contribution is 5.78. The highest BCUT2D eigenvalue weighted by Gasteiger charge is 2.26. The van der Waals surface area contributed by atoms with E-state index in [0.29, 0.717) is 18.0 Å². The molecule has 0 aromatic heterocycles. The molecule has 0 radical (unpaired) electrons. The summed E-state index contributed by atoms with van der Waals surface area (Å²) in [7, 11) is 0. The lowest BCUT2D eigenvalue weighted by molar-refractivity contribution is -0.130. The number of amides is 1. The van der Waals surface area contributed by atoms with Gasteiger partial charge in [0.15, 0.2) is 0 Å². The first-order valence-electron chi connectivity index (χ1n) is 6.99. The van der Waals surface area contributed by atoms with E-state index in [1.807, 2.05) is 18.7 Å². The Bertz CT molecular complexity index is 237. The number of rotatable bonds is 5. The van der Waals surface area contributed by atoms with Crippen LogP contribution in [0.1, 0.15) is 53.4 Å². The molecule has 1 N–H and O–H groups in total. The van der Waals surface area contributed by atoms with Crippen molar-refractivity contribution in [3.63, 3.8) is 0 Å². The van der Waals surface area contributed by atoms with Crippen molar-refractivity contribution in [2.45, 2.75) is 59.4 Å². The summed E-state index contributed by atoms with van der Waals surface area (Å²) < 4.78 is 0. The van der Waals surface area contributed by atoms with Crippen LogP contribution in [0.15, 0.2) is 0 Å². The molecule has 1 rings (SSSR count). The van der Waals surface area contributed by atoms with Gasteiger partial charge in [0, 0.05) is 19.1 Å². The van der Waals surface area contributed by atoms with Gasteiger partial charge in [-0.05, 0) is 44.9 Å². The maximum Gasteiger partial charge on any atom is 0.236 e. The van der Waals surface area contributed by atoms with Crippen molar-refractivity contribution in [2.75, 3.05) is 19.6 Å². The lowest BCUT2D eigenvalue weighted by atomic mass is 9.75. The van der Waals surface area contributed by atoms with Gasteiger partial charge in [0.25, 0.3) is 0 Å². The quantitative estimate of drug-likeness (QED) is 0.800. The minimum absolute atomic E-state index is 0.236. The van der Waals surface area contributed by atoms with Gasteiger partial charge in [0.05, 0.1) is 6.54 Å². The van der Waals surface area contributed by atoms with Gasteiger partial charge in [-0.1, -0.05) is 13.8 Å². The Balaban J connectivity index is 2.25. The van der Waals surface area contributed by atoms with Crippen LogP contribution in [-0.4, -0.2) is 36.5 Å². The molecule has 17 heavy (non-hydrogen) atoms. The number of carbonyl (C=O) groups excluding carboxylic acids is 1. The van der Waals surface area contributed by atoms with Gasteiger partial charge < -0.3 is 10.2 Å². The van der Waals surface area contributed by atoms with Crippen molar-refractivity contribution >= 4 is 5.91 Å². The van der Waals surface area contributed by atoms with Crippen molar-refractivity contribution in [3.05, 3.63) is 0 Å². The minimum atomic E-state index is 0.236. The lowest BCUT2D eigenvalue weighted by Crippen LogP contribution is -2.43. The van der Waals surface area contributed by atoms with Crippen molar-refractivity contribution in [3.8, 4) is 0 Å². The van der Waals surface area contributed by atoms with Gasteiger partial charge in [-0.2, -0.15) is 0 Å². The van der Waals surface area contributed by atoms with Gasteiger partial charge in [0.1, 0.15) is 0 Å². The summed E-state index contributed by atoms with van der Waals surface area (Å²) in [6.45, 7) is 10.9. The molecule has 0 spiro atoms. The maximum absolute atomic E-state index is 11.8. The van der Waals surface area contributed by atoms with Crippen LogP contribution in [0, 0.1) is 5.41 Å². The van der Waals surface area contributed by atoms with Crippen LogP contribution in [0.4, 0.5) is 0 Å². The highest BCUT2D eigenvalue weighted by Crippen LogP contribution is 2.34. The fraction of sp³-hybridized carbons (Fsp3) is 0.929. The normalized spacial score (nSPS) is 20.2. The average molecular weight is 240 g/mol. The monoisotopic (exact) mass is 240 g/mol. The predicted octanol–water partition coefficient (Wildman–Crippen LogP) is 2.41. The van der Waals surface area contributed by atoms with E-state index in [9.17, 15) is 4.79 Å². The van der Waals surface area contributed by atoms with E-state index >= 15 is 0 Å². The number of nitrogens with zero attached hydrogens (tertiary/aromatic N) is 1. The summed E-state index contributed by atoms with van der Waals surface area (Å²) in [4.78, 5) is 13.7. The van der Waals surface area contributed by atoms with Crippen molar-refractivity contribution in [2.24, 2.45) is 5.41 Å². The molecule has 0 saturated heterocycles. The van der Waals surface area contributed by atoms with Crippen LogP contribution in [0.3, 0.4) is 0 Å². The maximum atomic E-state index is 11.8. The minimum Gasteiger partial charge on any atom is -0.342 e. The van der Waals surface area contributed by atoms with E-state index in [4.69, 9.17) is 0 Å². The molecule has 0 heterocycles. The molecule has 0 aromatic carbocycles. The molecule has 1 fully saturated rings. The zero-order chi connectivity index (χ0) is 12.9. The van der Waals surface area contributed by atoms with Crippen LogP contribution >= 0.6 is 0 Å². The van der Waals surface area contributed by atoms with Crippen molar-refractivity contribution in [1.82, 2.24) is 10.2 Å². The van der Waals surface area contributed by atoms with Gasteiger partial charge >= 0.3 is 0 Å². The first kappa shape index (κ1) is 14.5. The van der Waals surface area contributed by atoms with E-state index < -0.39 is 0 Å². The van der Waals surface area contributed by atoms with E-state index in [0.717, 1.165) is 13.1 Å². The summed E-state index contributed by atoms with van der Waals surface area (Å²) in [5, 5.41) is 3.42. The second-order valence-electron chi connectivity index (χ2n) is 5.89. The van der Waals surface area contributed by atoms with Gasteiger partial charge in [-0.15, -0.1) is 0 Å². The molecule has 3 nitrogen and oxygen atoms in total. The van der Waals surface area contributed by atoms with E-state index in [1.165, 1.54) is 25.7 Å². The Labute approximate surface area is 106 Å². The first-order chi connectivity index (χ1) is 7.98. The molecular formula is C14H28N2O. The second kappa shape index (κ2) is 6.39. The Kier molecular flexibility index (Phi) is 5.44. The number of hydrogen-bond donors (Lipinski definition) is 1. The molecule has 1 aliphatic carbocycles. The summed E-state index contributed by atoms with van der Waals surface area (Å²) >= 11 is 0. The molecule has 0 atom stereocenters. The fourth-order valence-electron chi connectivity index (χ4n) is 2.52. The highest BCUT2D eigenvalue weighted by atomic mass is 16.2. The lowest BCUT2D eigenvalue weighted by Gasteiger charge is -2.34. The zero-order valence-electron chi connectivity index (χ0n) is 11.9. The van der Waals surface area contributed by atoms with Crippen LogP contribution in [0.25, 0.3) is 0 Å². The van der Waals surface area contributed by atoms with Crippen LogP contribution in [-0.2, 0) is 4.79 Å². The Morgan fingerprint density at radius 1 is 1.24 bits per heavy atom. The fourth-order valence-corrected chi connectivity index (χ4v) is 2.52. The Hall–Kier alpha value is -0.570. The molecule has 0 aliphatic heterocycles. The molecule has 3 heteroatoms. The number of hydrogen-bond acceptors (Lipinski definition) is 2. The molecule has 0 bridgehead atoms. The van der Waals surface area contributed by atoms with E-state index in [2.05, 4.69) is 19.2 Å². The third kappa shape index (κ3) is 4.66. The predicted molar refractivity (Wildman–Crippen MR) is 72.0 cm³/mol. The Morgan fingerprint density at radius 3 is 2.24 bits per heavy atom. The third-order valence-corrected chi connectivity index (χ3v) is 4.00. The number of carbonyl (C=O) groups is 1. The molecule has 1 aliphatic rings. The molecular weight excluding hydrogens is 212 g/mol. The van der Waals surface area contributed by atoms with Crippen molar-refractivity contribution in [1.29, 1.82) is 0 Å². The summed E-state index contributed by atoms with van der Waals surface area (Å²) in [5.74, 6) is 0.236. The van der Waals surface area contributed by atoms with E-state index in [1.54, 1.807) is 0 Å². The van der Waals surface area contributed by atoms with Gasteiger partial charge in [-0.25, -0.2) is 0 Å². The molecule has 0 aromatic rings. The molecule has 1 amide bonds. The zero-order valence-corrected chi connectivity index (χ0v) is 11.9. The third-order valence-electron chi connectivity index (χ3n) is 4.00. The molecule has 1 saturated carbocycles. The standard InChI is InChI=1S/C14H28N2O/c1-5-16(6-2)13(17)11-15-12-7-9-14(3,4)10-8-12/h12,15H,5-11H2,1-4H3. The molecule has 100 valence electrons. The van der Waals surface area contributed by atoms with Crippen LogP contribution in [0.5, 0.6) is 0 Å². The Morgan fingerprint density at radius 2 is 1.76 bits per heavy atom. The summed E-state index contributed by atoms with van der Waals surface area (Å²) in [5.41, 5.74) is 0.501. The average Bonchev–Trinajstić information content (AvgIpc) is 2.29. The second-order valence-corrected chi connectivity index (χ2v) is 5.89. The van der Waals surface area contributed by atoms with Crippen LogP contribution < -0.4 is 5.32 Å². The van der Waals surface area contributed by atoms with Gasteiger partial charge in [-0.3, -0.25) is 4.79 Å². The van der Waals surface area contributed by atoms with E-state index in [-0.39, 0.29) is 5.91 Å². The SMILES string of the molecule is CCN(CC)C(=O)CNC1CCC(C)(C)CC1. The number of likely N-dealkylation sites (N-methyl/N-ethyl adjacent to an activating group) is 1.